The summed E-state index contributed by atoms with van der Waals surface area (Å²) in [6.07, 6.45) is 10.1. The molecule has 0 aliphatic carbocycles. The van der Waals surface area contributed by atoms with Crippen molar-refractivity contribution in [1.82, 2.24) is 70.1 Å². The van der Waals surface area contributed by atoms with Crippen molar-refractivity contribution < 1.29 is 32.2 Å². The standard InChI is InChI=1S/C28H35ClN4O3.C22H26ClN3O.C21H22ClN3O3S.C16H21ClN2.C15H19ClN2S/c1-3-36-28(34)33-10-9-23-24-18-22(29)7-8-25(24)30-26(23)27(33)21-6-4-5-20(17-21)19-32-13-11-31(12-14-32)15-16-35-2;1-26(2)12-3-13-27-17-7-4-15(5-8-17)21-22-18(10-11-24-21)19-14-16(23)6-9-20(19)25-22;22-15-3-6-19-18(13-15)17-7-8-23-20(21(17)24-19)14-1-4-16(5-2-14)29(26,27)25-9-11-28-12-10-25;1-16(2,3)9-14-15-11(6-7-18-14)12-8-10(17)4-5-13(12)19-15;1-9(19-2)7-14-15-11(5-6-17-14)12-8-10(16)3-4-13(12)18-15/h4-8,17-18,27,30H,3,9-16,19H2,1-2H3;4-9,14,21,24-25H,3,10-13H2,1-2H3;1-6,13,20,23-24H,7-12H2;4-5,8,14,18-19H,6-7,9H2,1-3H3;3-4,8-9,14,17-18H,5-7H2,1-2H3. The van der Waals surface area contributed by atoms with Crippen molar-refractivity contribution in [2.24, 2.45) is 5.41 Å². The fourth-order valence-corrected chi connectivity index (χ4v) is 22.2. The fourth-order valence-electron chi connectivity index (χ4n) is 19.6. The number of carbonyl (C=O) groups is 1. The number of nitrogens with zero attached hydrogens (tertiary/aromatic N) is 5. The molecule has 9 N–H and O–H groups in total. The van der Waals surface area contributed by atoms with E-state index in [0.29, 0.717) is 67.1 Å². The number of sulfonamides is 1. The molecule has 28 heteroatoms. The van der Waals surface area contributed by atoms with E-state index >= 15 is 0 Å². The second kappa shape index (κ2) is 43.1. The van der Waals surface area contributed by atoms with E-state index < -0.39 is 10.0 Å². The van der Waals surface area contributed by atoms with Crippen LogP contribution in [0.5, 0.6) is 5.75 Å². The zero-order chi connectivity index (χ0) is 90.9. The smallest absolute Gasteiger partial charge is 0.410 e. The maximum absolute atomic E-state index is 13.0. The van der Waals surface area contributed by atoms with Gasteiger partial charge in [-0.25, -0.2) is 13.2 Å². The molecule has 13 aromatic rings. The van der Waals surface area contributed by atoms with Gasteiger partial charge in [0.15, 0.2) is 0 Å². The number of rotatable bonds is 20. The highest BCUT2D eigenvalue weighted by Gasteiger charge is 2.38. The highest BCUT2D eigenvalue weighted by Crippen LogP contribution is 2.44. The van der Waals surface area contributed by atoms with E-state index in [4.69, 9.17) is 77.0 Å². The van der Waals surface area contributed by atoms with Crippen LogP contribution in [0, 0.1) is 5.41 Å². The van der Waals surface area contributed by atoms with Crippen LogP contribution in [0.2, 0.25) is 25.1 Å². The number of carbonyl (C=O) groups excluding carboxylic acids is 1. The van der Waals surface area contributed by atoms with E-state index in [9.17, 15) is 13.2 Å². The molecule has 2 fully saturated rings. The molecule has 6 atom stereocenters. The van der Waals surface area contributed by atoms with Crippen LogP contribution in [0.15, 0.2) is 169 Å². The topological polar surface area (TPSA) is 231 Å². The Balaban J connectivity index is 0.000000121. The largest absolute Gasteiger partial charge is 0.494 e. The van der Waals surface area contributed by atoms with E-state index in [1.165, 1.54) is 87.5 Å². The first kappa shape index (κ1) is 95.1. The summed E-state index contributed by atoms with van der Waals surface area (Å²) in [6, 6.07) is 55.3. The van der Waals surface area contributed by atoms with E-state index in [2.05, 4.69) is 194 Å². The number of hydrogen-bond donors (Lipinski definition) is 9. The van der Waals surface area contributed by atoms with Gasteiger partial charge in [-0.3, -0.25) is 14.7 Å². The number of halogens is 5. The number of thioether (sulfide) groups is 1. The molecule has 0 spiro atoms. The maximum Gasteiger partial charge on any atom is 0.410 e. The van der Waals surface area contributed by atoms with Crippen LogP contribution in [0.4, 0.5) is 4.79 Å². The van der Waals surface area contributed by atoms with Crippen molar-refractivity contribution in [3.05, 3.63) is 267 Å². The number of ether oxygens (including phenoxy) is 4. The molecule has 12 heterocycles. The van der Waals surface area contributed by atoms with Gasteiger partial charge < -0.3 is 70.0 Å². The molecule has 8 aromatic carbocycles. The summed E-state index contributed by atoms with van der Waals surface area (Å²) >= 11 is 32.9. The Kier molecular flexibility index (Phi) is 31.5. The number of benzene rings is 8. The lowest BCUT2D eigenvalue weighted by Crippen LogP contribution is -2.46. The van der Waals surface area contributed by atoms with Gasteiger partial charge in [0, 0.05) is 211 Å². The summed E-state index contributed by atoms with van der Waals surface area (Å²) in [7, 11) is 2.43. The molecule has 0 radical (unpaired) electrons. The third-order valence-corrected chi connectivity index (χ3v) is 30.1. The van der Waals surface area contributed by atoms with E-state index in [-0.39, 0.29) is 24.2 Å². The van der Waals surface area contributed by atoms with Crippen LogP contribution < -0.4 is 26.0 Å². The Morgan fingerprint density at radius 1 is 0.531 bits per heavy atom. The molecule has 2 saturated heterocycles. The highest BCUT2D eigenvalue weighted by molar-refractivity contribution is 7.99. The lowest BCUT2D eigenvalue weighted by molar-refractivity contribution is 0.0730. The van der Waals surface area contributed by atoms with Crippen LogP contribution in [-0.2, 0) is 62.9 Å². The number of H-pyrrole nitrogens is 5. The average Bonchev–Trinajstić information content (AvgIpc) is 1.60. The van der Waals surface area contributed by atoms with Gasteiger partial charge in [-0.05, 0) is 262 Å². The third kappa shape index (κ3) is 22.4. The second-order valence-corrected chi connectivity index (χ2v) is 41.8. The van der Waals surface area contributed by atoms with Crippen LogP contribution in [0.3, 0.4) is 0 Å². The first-order valence-corrected chi connectivity index (χ1v) is 50.4. The van der Waals surface area contributed by atoms with Crippen molar-refractivity contribution in [2.45, 2.75) is 133 Å². The summed E-state index contributed by atoms with van der Waals surface area (Å²) < 4.78 is 49.0. The molecule has 7 aliphatic rings. The minimum atomic E-state index is -3.48. The van der Waals surface area contributed by atoms with Gasteiger partial charge in [-0.2, -0.15) is 16.1 Å². The van der Waals surface area contributed by atoms with Crippen molar-refractivity contribution in [3.63, 3.8) is 0 Å². The Hall–Kier alpha value is -8.12. The molecular weight excluding hydrogens is 1770 g/mol. The van der Waals surface area contributed by atoms with E-state index in [1.54, 1.807) is 19.2 Å². The summed E-state index contributed by atoms with van der Waals surface area (Å²) in [5, 5.41) is 25.1. The number of morpholine rings is 1. The minimum absolute atomic E-state index is 0.00920. The molecule has 690 valence electrons. The predicted molar refractivity (Wildman–Crippen MR) is 535 cm³/mol. The normalized spacial score (nSPS) is 19.2. The number of piperazine rings is 1. The Bertz CT molecular complexity index is 6170. The van der Waals surface area contributed by atoms with Crippen molar-refractivity contribution in [3.8, 4) is 5.75 Å². The molecule has 7 aliphatic heterocycles. The lowest BCUT2D eigenvalue weighted by Gasteiger charge is -2.36. The van der Waals surface area contributed by atoms with Gasteiger partial charge >= 0.3 is 6.09 Å². The second-order valence-electron chi connectivity index (χ2n) is 36.4. The monoisotopic (exact) mass is 1890 g/mol. The Labute approximate surface area is 793 Å². The number of hydrogen-bond acceptors (Lipinski definition) is 15. The number of aromatic amines is 5. The number of amides is 1. The number of aromatic nitrogens is 5. The molecule has 1 amide bonds. The van der Waals surface area contributed by atoms with Crippen LogP contribution in [0.25, 0.3) is 54.5 Å². The van der Waals surface area contributed by atoms with Crippen LogP contribution >= 0.6 is 69.8 Å². The fraction of sp³-hybridized carbons (Fsp3) is 0.422. The van der Waals surface area contributed by atoms with Crippen molar-refractivity contribution in [2.75, 3.05) is 146 Å². The lowest BCUT2D eigenvalue weighted by atomic mass is 9.84. The van der Waals surface area contributed by atoms with Gasteiger partial charge in [0.1, 0.15) is 11.8 Å². The minimum Gasteiger partial charge on any atom is -0.494 e. The molecule has 20 rings (SSSR count). The van der Waals surface area contributed by atoms with Crippen LogP contribution in [-0.4, -0.2) is 214 Å². The number of nitrogens with one attached hydrogen (secondary N) is 9. The van der Waals surface area contributed by atoms with Gasteiger partial charge in [-0.15, -0.1) is 0 Å². The van der Waals surface area contributed by atoms with Gasteiger partial charge in [0.25, 0.3) is 0 Å². The molecule has 0 bridgehead atoms. The zero-order valence-corrected chi connectivity index (χ0v) is 81.4. The molecule has 0 saturated carbocycles. The molecule has 21 nitrogen and oxygen atoms in total. The summed E-state index contributed by atoms with van der Waals surface area (Å²) in [5.41, 5.74) is 23.6. The first-order valence-electron chi connectivity index (χ1n) is 45.8. The molecular formula is C102H123Cl5N14O7S2. The summed E-state index contributed by atoms with van der Waals surface area (Å²) in [6.45, 7) is 26.2. The molecule has 6 unspecified atom stereocenters. The Morgan fingerprint density at radius 2 is 0.985 bits per heavy atom. The molecule has 130 heavy (non-hydrogen) atoms. The van der Waals surface area contributed by atoms with E-state index in [1.807, 2.05) is 90.3 Å². The highest BCUT2D eigenvalue weighted by atomic mass is 35.5. The number of methoxy groups -OCH3 is 1. The van der Waals surface area contributed by atoms with Gasteiger partial charge in [0.05, 0.1) is 50.0 Å². The van der Waals surface area contributed by atoms with Crippen LogP contribution in [0.1, 0.15) is 163 Å². The van der Waals surface area contributed by atoms with E-state index in [0.717, 1.165) is 217 Å². The first-order chi connectivity index (χ1) is 62.8. The SMILES string of the molecule is CC(C)(C)CC1NCCc2c1[nH]c1ccc(Cl)cc21.CCOC(=O)N1CCc2c([nH]c3ccc(Cl)cc23)C1c1cccc(CN2CCN(CCOC)CC2)c1.CN(C)CCCOc1ccc(C2NCCc3c2[nH]c2ccc(Cl)cc32)cc1.CSC(C)CC1NCCc2c1[nH]c1ccc(Cl)cc21.O=S(=O)(c1ccc(C2NCCc3c2[nH]c2ccc(Cl)cc32)cc1)N1CCOCC1. The quantitative estimate of drug-likeness (QED) is 0.0323. The zero-order valence-electron chi connectivity index (χ0n) is 75.9. The van der Waals surface area contributed by atoms with Gasteiger partial charge in [-0.1, -0.05) is 134 Å². The predicted octanol–water partition coefficient (Wildman–Crippen LogP) is 20.7. The average molecular weight is 1900 g/mol. The van der Waals surface area contributed by atoms with Crippen molar-refractivity contribution in [1.29, 1.82) is 0 Å². The third-order valence-electron chi connectivity index (χ3n) is 26.0. The Morgan fingerprint density at radius 3 is 1.47 bits per heavy atom. The molecule has 5 aromatic heterocycles. The van der Waals surface area contributed by atoms with Crippen molar-refractivity contribution >= 4 is 140 Å². The summed E-state index contributed by atoms with van der Waals surface area (Å²) in [5.74, 6) is 0.928. The number of fused-ring (bicyclic) bond motifs is 15. The maximum atomic E-state index is 13.0. The van der Waals surface area contributed by atoms with Gasteiger partial charge in [0.2, 0.25) is 10.0 Å². The summed E-state index contributed by atoms with van der Waals surface area (Å²) in [4.78, 5) is 40.3.